The van der Waals surface area contributed by atoms with Gasteiger partial charge >= 0.3 is 0 Å². The molecular formula is C36H70O2. The highest BCUT2D eigenvalue weighted by atomic mass is 17.2. The molecule has 2 heteroatoms. The Morgan fingerprint density at radius 3 is 1.05 bits per heavy atom. The predicted molar refractivity (Wildman–Crippen MR) is 171 cm³/mol. The summed E-state index contributed by atoms with van der Waals surface area (Å²) in [6.07, 6.45) is 48.2. The molecule has 0 fully saturated rings. The van der Waals surface area contributed by atoms with Crippen LogP contribution < -0.4 is 0 Å². The number of allylic oxidation sites excluding steroid dienone is 3. The summed E-state index contributed by atoms with van der Waals surface area (Å²) in [5.41, 5.74) is 0. The lowest BCUT2D eigenvalue weighted by Crippen LogP contribution is -1.92. The summed E-state index contributed by atoms with van der Waals surface area (Å²) in [6, 6.07) is 0. The molecule has 0 saturated carbocycles. The van der Waals surface area contributed by atoms with E-state index in [9.17, 15) is 0 Å². The third-order valence-electron chi connectivity index (χ3n) is 7.68. The Morgan fingerprint density at radius 2 is 0.658 bits per heavy atom. The van der Waals surface area contributed by atoms with Crippen molar-refractivity contribution >= 4 is 0 Å². The summed E-state index contributed by atoms with van der Waals surface area (Å²) in [5, 5.41) is 0. The fourth-order valence-electron chi connectivity index (χ4n) is 5.06. The van der Waals surface area contributed by atoms with Gasteiger partial charge in [0.15, 0.2) is 0 Å². The Morgan fingerprint density at radius 1 is 0.342 bits per heavy atom. The predicted octanol–water partition coefficient (Wildman–Crippen LogP) is 13.4. The lowest BCUT2D eigenvalue weighted by molar-refractivity contribution is -0.249. The van der Waals surface area contributed by atoms with Crippen molar-refractivity contribution in [1.82, 2.24) is 0 Å². The standard InChI is InChI=1S/C36H70O2/c1-3-5-7-9-11-13-15-17-19-21-23-25-27-29-31-33-35-37-38-36-34-32-30-28-26-24-22-20-18-16-14-12-10-8-6-4-2/h17,19,34,36H,3-16,18,20-33,35H2,1-2H3/b19-17-,36-34?. The van der Waals surface area contributed by atoms with Gasteiger partial charge in [0, 0.05) is 0 Å². The van der Waals surface area contributed by atoms with Crippen LogP contribution in [0.15, 0.2) is 24.5 Å². The van der Waals surface area contributed by atoms with Gasteiger partial charge in [-0.15, -0.1) is 0 Å². The van der Waals surface area contributed by atoms with Crippen LogP contribution in [0.5, 0.6) is 0 Å². The van der Waals surface area contributed by atoms with Crippen molar-refractivity contribution in [2.45, 2.75) is 200 Å². The van der Waals surface area contributed by atoms with Gasteiger partial charge in [0.05, 0.1) is 6.61 Å². The largest absolute Gasteiger partial charge is 0.346 e. The highest BCUT2D eigenvalue weighted by Gasteiger charge is 1.95. The summed E-state index contributed by atoms with van der Waals surface area (Å²) < 4.78 is 0. The Labute approximate surface area is 240 Å². The molecule has 0 aliphatic rings. The maximum atomic E-state index is 5.28. The molecule has 0 aromatic rings. The van der Waals surface area contributed by atoms with Gasteiger partial charge in [-0.05, 0) is 51.0 Å². The summed E-state index contributed by atoms with van der Waals surface area (Å²) in [6.45, 7) is 5.29. The molecule has 226 valence electrons. The first-order valence-electron chi connectivity index (χ1n) is 17.5. The highest BCUT2D eigenvalue weighted by molar-refractivity contribution is 4.81. The first kappa shape index (κ1) is 37.2. The van der Waals surface area contributed by atoms with Crippen LogP contribution in [-0.4, -0.2) is 6.61 Å². The van der Waals surface area contributed by atoms with Crippen LogP contribution in [0.2, 0.25) is 0 Å². The third-order valence-corrected chi connectivity index (χ3v) is 7.68. The van der Waals surface area contributed by atoms with E-state index in [0.29, 0.717) is 6.61 Å². The first-order valence-corrected chi connectivity index (χ1v) is 17.5. The molecule has 0 unspecified atom stereocenters. The van der Waals surface area contributed by atoms with Crippen molar-refractivity contribution in [1.29, 1.82) is 0 Å². The second-order valence-corrected chi connectivity index (χ2v) is 11.6. The fraction of sp³-hybridized carbons (Fsp3) is 0.889. The monoisotopic (exact) mass is 535 g/mol. The van der Waals surface area contributed by atoms with Crippen LogP contribution in [0.3, 0.4) is 0 Å². The summed E-state index contributed by atoms with van der Waals surface area (Å²) in [4.78, 5) is 10.5. The minimum absolute atomic E-state index is 0.713. The van der Waals surface area contributed by atoms with Crippen molar-refractivity contribution in [2.24, 2.45) is 0 Å². The van der Waals surface area contributed by atoms with E-state index in [1.165, 1.54) is 173 Å². The number of hydrogen-bond donors (Lipinski definition) is 0. The van der Waals surface area contributed by atoms with Crippen LogP contribution >= 0.6 is 0 Å². The zero-order valence-electron chi connectivity index (χ0n) is 26.3. The minimum Gasteiger partial charge on any atom is -0.346 e. The minimum atomic E-state index is 0.713. The molecule has 0 N–H and O–H groups in total. The van der Waals surface area contributed by atoms with E-state index >= 15 is 0 Å². The first-order chi connectivity index (χ1) is 18.9. The summed E-state index contributed by atoms with van der Waals surface area (Å²) in [5.74, 6) is 0. The average Bonchev–Trinajstić information content (AvgIpc) is 2.93. The molecule has 2 nitrogen and oxygen atoms in total. The molecule has 0 aromatic heterocycles. The van der Waals surface area contributed by atoms with E-state index in [1.807, 2.05) is 0 Å². The molecule has 0 radical (unpaired) electrons. The second-order valence-electron chi connectivity index (χ2n) is 11.6. The second kappa shape index (κ2) is 36.2. The lowest BCUT2D eigenvalue weighted by atomic mass is 10.0. The van der Waals surface area contributed by atoms with Gasteiger partial charge in [-0.3, -0.25) is 0 Å². The van der Waals surface area contributed by atoms with Gasteiger partial charge in [-0.1, -0.05) is 167 Å². The van der Waals surface area contributed by atoms with Crippen LogP contribution in [0.4, 0.5) is 0 Å². The topological polar surface area (TPSA) is 18.5 Å². The van der Waals surface area contributed by atoms with Gasteiger partial charge in [-0.2, -0.15) is 4.89 Å². The maximum Gasteiger partial charge on any atom is 0.125 e. The molecule has 0 aromatic carbocycles. The molecule has 38 heavy (non-hydrogen) atoms. The maximum absolute atomic E-state index is 5.28. The molecule has 0 atom stereocenters. The molecular weight excluding hydrogens is 464 g/mol. The van der Waals surface area contributed by atoms with Crippen molar-refractivity contribution in [2.75, 3.05) is 6.61 Å². The van der Waals surface area contributed by atoms with E-state index in [0.717, 1.165) is 12.8 Å². The van der Waals surface area contributed by atoms with Crippen LogP contribution in [0.1, 0.15) is 200 Å². The molecule has 0 aliphatic heterocycles. The van der Waals surface area contributed by atoms with Crippen molar-refractivity contribution in [3.63, 3.8) is 0 Å². The van der Waals surface area contributed by atoms with Gasteiger partial charge < -0.3 is 4.89 Å². The van der Waals surface area contributed by atoms with E-state index in [4.69, 9.17) is 9.78 Å². The third kappa shape index (κ3) is 35.2. The Balaban J connectivity index is 3.12. The van der Waals surface area contributed by atoms with Crippen LogP contribution in [-0.2, 0) is 9.78 Å². The van der Waals surface area contributed by atoms with E-state index in [2.05, 4.69) is 32.1 Å². The molecule has 0 bridgehead atoms. The zero-order chi connectivity index (χ0) is 27.5. The number of hydrogen-bond acceptors (Lipinski definition) is 2. The van der Waals surface area contributed by atoms with Crippen molar-refractivity contribution < 1.29 is 9.78 Å². The smallest absolute Gasteiger partial charge is 0.125 e. The highest BCUT2D eigenvalue weighted by Crippen LogP contribution is 2.14. The SMILES string of the molecule is CCCCCCCC/C=C\CCCCCCCCOOC=CCCCCCCCCCCCCCCCC. The van der Waals surface area contributed by atoms with E-state index in [1.54, 1.807) is 6.26 Å². The Hall–Kier alpha value is -0.760. The van der Waals surface area contributed by atoms with Crippen LogP contribution in [0.25, 0.3) is 0 Å². The van der Waals surface area contributed by atoms with E-state index in [-0.39, 0.29) is 0 Å². The molecule has 0 aliphatic carbocycles. The fourth-order valence-corrected chi connectivity index (χ4v) is 5.06. The molecule has 0 spiro atoms. The molecule has 0 rings (SSSR count). The average molecular weight is 535 g/mol. The summed E-state index contributed by atoms with van der Waals surface area (Å²) in [7, 11) is 0. The van der Waals surface area contributed by atoms with E-state index < -0.39 is 0 Å². The van der Waals surface area contributed by atoms with Crippen LogP contribution in [0, 0.1) is 0 Å². The van der Waals surface area contributed by atoms with Gasteiger partial charge in [0.2, 0.25) is 0 Å². The van der Waals surface area contributed by atoms with Gasteiger partial charge in [0.1, 0.15) is 6.26 Å². The van der Waals surface area contributed by atoms with Crippen molar-refractivity contribution in [3.8, 4) is 0 Å². The quantitative estimate of drug-likeness (QED) is 0.0274. The normalized spacial score (nSPS) is 11.8. The molecule has 0 amide bonds. The zero-order valence-corrected chi connectivity index (χ0v) is 26.3. The van der Waals surface area contributed by atoms with Gasteiger partial charge in [0.25, 0.3) is 0 Å². The van der Waals surface area contributed by atoms with Gasteiger partial charge in [-0.25, -0.2) is 0 Å². The Kier molecular flexibility index (Phi) is 35.5. The number of unbranched alkanes of at least 4 members (excludes halogenated alkanes) is 26. The lowest BCUT2D eigenvalue weighted by Gasteiger charge is -2.03. The Bertz CT molecular complexity index is 456. The molecule has 0 heterocycles. The number of rotatable bonds is 33. The molecule has 0 saturated heterocycles. The summed E-state index contributed by atoms with van der Waals surface area (Å²) >= 11 is 0. The van der Waals surface area contributed by atoms with Crippen molar-refractivity contribution in [3.05, 3.63) is 24.5 Å².